The quantitative estimate of drug-likeness (QED) is 0.629. The summed E-state index contributed by atoms with van der Waals surface area (Å²) < 4.78 is 0. The molecule has 2 aliphatic rings. The summed E-state index contributed by atoms with van der Waals surface area (Å²) in [7, 11) is 0. The highest BCUT2D eigenvalue weighted by molar-refractivity contribution is 4.88. The third kappa shape index (κ3) is 5.39. The predicted octanol–water partition coefficient (Wildman–Crippen LogP) is 3.03. The van der Waals surface area contributed by atoms with Crippen LogP contribution < -0.4 is 5.32 Å². The monoisotopic (exact) mass is 238 g/mol. The van der Waals surface area contributed by atoms with E-state index >= 15 is 0 Å². The molecule has 0 amide bonds. The molecule has 0 aliphatic heterocycles. The van der Waals surface area contributed by atoms with Crippen LogP contribution in [0.15, 0.2) is 0 Å². The van der Waals surface area contributed by atoms with E-state index in [4.69, 9.17) is 0 Å². The van der Waals surface area contributed by atoms with Gasteiger partial charge in [-0.25, -0.2) is 0 Å². The van der Waals surface area contributed by atoms with Gasteiger partial charge in [-0.05, 0) is 70.9 Å². The van der Waals surface area contributed by atoms with Crippen molar-refractivity contribution >= 4 is 0 Å². The smallest absolute Gasteiger partial charge is 0.00965 e. The molecule has 1 N–H and O–H groups in total. The summed E-state index contributed by atoms with van der Waals surface area (Å²) in [4.78, 5) is 2.78. The molecule has 2 nitrogen and oxygen atoms in total. The van der Waals surface area contributed by atoms with Crippen LogP contribution in [0.25, 0.3) is 0 Å². The van der Waals surface area contributed by atoms with Crippen LogP contribution in [-0.4, -0.2) is 36.6 Å². The molecule has 2 aliphatic carbocycles. The van der Waals surface area contributed by atoms with E-state index in [0.29, 0.717) is 6.04 Å². The first kappa shape index (κ1) is 13.4. The van der Waals surface area contributed by atoms with Crippen molar-refractivity contribution in [2.24, 2.45) is 5.92 Å². The maximum absolute atomic E-state index is 3.59. The van der Waals surface area contributed by atoms with Gasteiger partial charge in [-0.1, -0.05) is 6.92 Å². The molecule has 0 aromatic heterocycles. The Balaban J connectivity index is 1.55. The van der Waals surface area contributed by atoms with Crippen LogP contribution in [0.5, 0.6) is 0 Å². The van der Waals surface area contributed by atoms with E-state index in [2.05, 4.69) is 24.1 Å². The summed E-state index contributed by atoms with van der Waals surface area (Å²) >= 11 is 0. The van der Waals surface area contributed by atoms with Crippen molar-refractivity contribution in [2.45, 2.75) is 70.9 Å². The van der Waals surface area contributed by atoms with Crippen LogP contribution in [0.3, 0.4) is 0 Å². The Morgan fingerprint density at radius 2 is 2.00 bits per heavy atom. The topological polar surface area (TPSA) is 15.3 Å². The minimum Gasteiger partial charge on any atom is -0.314 e. The van der Waals surface area contributed by atoms with Gasteiger partial charge in [0, 0.05) is 18.6 Å². The van der Waals surface area contributed by atoms with Gasteiger partial charge in [-0.2, -0.15) is 0 Å². The lowest BCUT2D eigenvalue weighted by atomic mass is 10.1. The number of hydrogen-bond donors (Lipinski definition) is 1. The fourth-order valence-corrected chi connectivity index (χ4v) is 2.59. The van der Waals surface area contributed by atoms with Crippen LogP contribution in [0, 0.1) is 5.92 Å². The molecule has 0 aromatic carbocycles. The van der Waals surface area contributed by atoms with Gasteiger partial charge in [0.2, 0.25) is 0 Å². The minimum atomic E-state index is 0.705. The second-order valence-electron chi connectivity index (χ2n) is 6.17. The normalized spacial score (nSPS) is 22.1. The highest BCUT2D eigenvalue weighted by atomic mass is 15.2. The SMILES string of the molecule is CCCNC(C)CCCN(CC1CC1)C1CC1. The van der Waals surface area contributed by atoms with Gasteiger partial charge < -0.3 is 10.2 Å². The number of hydrogen-bond acceptors (Lipinski definition) is 2. The lowest BCUT2D eigenvalue weighted by Gasteiger charge is -2.22. The average molecular weight is 238 g/mol. The zero-order valence-electron chi connectivity index (χ0n) is 11.8. The molecule has 0 spiro atoms. The van der Waals surface area contributed by atoms with Crippen molar-refractivity contribution < 1.29 is 0 Å². The third-order valence-corrected chi connectivity index (χ3v) is 4.08. The second kappa shape index (κ2) is 6.75. The van der Waals surface area contributed by atoms with Gasteiger partial charge >= 0.3 is 0 Å². The molecular weight excluding hydrogens is 208 g/mol. The summed E-state index contributed by atoms with van der Waals surface area (Å²) in [6, 6.07) is 1.67. The van der Waals surface area contributed by atoms with Crippen molar-refractivity contribution in [3.05, 3.63) is 0 Å². The molecule has 2 fully saturated rings. The predicted molar refractivity (Wildman–Crippen MR) is 74.3 cm³/mol. The van der Waals surface area contributed by atoms with Gasteiger partial charge in [-0.3, -0.25) is 0 Å². The number of nitrogens with zero attached hydrogens (tertiary/aromatic N) is 1. The zero-order valence-corrected chi connectivity index (χ0v) is 11.8. The maximum Gasteiger partial charge on any atom is 0.00965 e. The molecule has 0 bridgehead atoms. The van der Waals surface area contributed by atoms with Crippen LogP contribution >= 0.6 is 0 Å². The summed E-state index contributed by atoms with van der Waals surface area (Å²) in [5.41, 5.74) is 0. The number of rotatable bonds is 10. The highest BCUT2D eigenvalue weighted by Gasteiger charge is 2.33. The highest BCUT2D eigenvalue weighted by Crippen LogP contribution is 2.34. The Hall–Kier alpha value is -0.0800. The second-order valence-corrected chi connectivity index (χ2v) is 6.17. The largest absolute Gasteiger partial charge is 0.314 e. The van der Waals surface area contributed by atoms with E-state index in [-0.39, 0.29) is 0 Å². The Morgan fingerprint density at radius 1 is 1.24 bits per heavy atom. The fraction of sp³-hybridized carbons (Fsp3) is 1.00. The van der Waals surface area contributed by atoms with Crippen molar-refractivity contribution in [3.63, 3.8) is 0 Å². The van der Waals surface area contributed by atoms with Crippen molar-refractivity contribution in [1.29, 1.82) is 0 Å². The Labute approximate surface area is 107 Å². The Morgan fingerprint density at radius 3 is 2.59 bits per heavy atom. The van der Waals surface area contributed by atoms with E-state index in [0.717, 1.165) is 12.0 Å². The van der Waals surface area contributed by atoms with Gasteiger partial charge in [-0.15, -0.1) is 0 Å². The van der Waals surface area contributed by atoms with Crippen molar-refractivity contribution in [2.75, 3.05) is 19.6 Å². The van der Waals surface area contributed by atoms with E-state index < -0.39 is 0 Å². The van der Waals surface area contributed by atoms with E-state index in [1.54, 1.807) is 0 Å². The van der Waals surface area contributed by atoms with Crippen LogP contribution in [0.2, 0.25) is 0 Å². The summed E-state index contributed by atoms with van der Waals surface area (Å²) in [6.45, 7) is 8.50. The average Bonchev–Trinajstić information content (AvgIpc) is 3.15. The minimum absolute atomic E-state index is 0.705. The van der Waals surface area contributed by atoms with Crippen LogP contribution in [0.1, 0.15) is 58.8 Å². The summed E-state index contributed by atoms with van der Waals surface area (Å²) in [5, 5.41) is 3.59. The van der Waals surface area contributed by atoms with Crippen LogP contribution in [-0.2, 0) is 0 Å². The fourth-order valence-electron chi connectivity index (χ4n) is 2.59. The molecule has 1 unspecified atom stereocenters. The standard InChI is InChI=1S/C15H30N2/c1-3-10-16-13(2)5-4-11-17(15-8-9-15)12-14-6-7-14/h13-16H,3-12H2,1-2H3. The zero-order chi connectivity index (χ0) is 12.1. The molecule has 100 valence electrons. The van der Waals surface area contributed by atoms with Gasteiger partial charge in [0.15, 0.2) is 0 Å². The first-order valence-corrected chi connectivity index (χ1v) is 7.77. The first-order valence-electron chi connectivity index (χ1n) is 7.77. The molecule has 2 heteroatoms. The maximum atomic E-state index is 3.59. The molecule has 2 saturated carbocycles. The molecule has 0 aromatic rings. The Bertz CT molecular complexity index is 209. The molecule has 2 rings (SSSR count). The molecule has 0 saturated heterocycles. The van der Waals surface area contributed by atoms with Crippen molar-refractivity contribution in [1.82, 2.24) is 10.2 Å². The first-order chi connectivity index (χ1) is 8.29. The van der Waals surface area contributed by atoms with Crippen LogP contribution in [0.4, 0.5) is 0 Å². The molecule has 0 heterocycles. The molecular formula is C15H30N2. The number of nitrogens with one attached hydrogen (secondary N) is 1. The summed E-state index contributed by atoms with van der Waals surface area (Å²) in [5.74, 6) is 1.06. The van der Waals surface area contributed by atoms with E-state index in [1.165, 1.54) is 64.6 Å². The Kier molecular flexibility index (Phi) is 5.30. The van der Waals surface area contributed by atoms with Crippen molar-refractivity contribution in [3.8, 4) is 0 Å². The third-order valence-electron chi connectivity index (χ3n) is 4.08. The van der Waals surface area contributed by atoms with Gasteiger partial charge in [0.05, 0.1) is 0 Å². The lowest BCUT2D eigenvalue weighted by Crippen LogP contribution is -2.32. The summed E-state index contributed by atoms with van der Waals surface area (Å²) in [6.07, 6.45) is 9.90. The molecule has 1 atom stereocenters. The lowest BCUT2D eigenvalue weighted by molar-refractivity contribution is 0.244. The van der Waals surface area contributed by atoms with Gasteiger partial charge in [0.25, 0.3) is 0 Å². The van der Waals surface area contributed by atoms with E-state index in [1.807, 2.05) is 0 Å². The van der Waals surface area contributed by atoms with Gasteiger partial charge in [0.1, 0.15) is 0 Å². The molecule has 17 heavy (non-hydrogen) atoms. The molecule has 0 radical (unpaired) electrons. The van der Waals surface area contributed by atoms with E-state index in [9.17, 15) is 0 Å².